The summed E-state index contributed by atoms with van der Waals surface area (Å²) < 4.78 is 10.8. The number of rotatable bonds is 4. The molecule has 1 spiro atoms. The number of aliphatic carboxylic acids is 1. The van der Waals surface area contributed by atoms with E-state index in [0.717, 1.165) is 19.3 Å². The number of esters is 1. The van der Waals surface area contributed by atoms with Crippen LogP contribution in [0.15, 0.2) is 0 Å². The molecule has 2 atom stereocenters. The SMILES string of the molecule is CCOC(=O)C(C)(C(=O)O)C1CCOC2(CCC2)C1. The van der Waals surface area contributed by atoms with Crippen molar-refractivity contribution in [2.75, 3.05) is 13.2 Å². The molecule has 1 aliphatic heterocycles. The second-order valence-corrected chi connectivity index (χ2v) is 5.80. The molecule has 5 heteroatoms. The van der Waals surface area contributed by atoms with Gasteiger partial charge in [0.2, 0.25) is 0 Å². The third kappa shape index (κ3) is 2.36. The number of carboxylic acid groups (broad SMARTS) is 1. The third-order valence-corrected chi connectivity index (χ3v) is 4.72. The minimum atomic E-state index is -1.46. The van der Waals surface area contributed by atoms with Crippen molar-refractivity contribution in [2.45, 2.75) is 51.6 Å². The first-order valence-corrected chi connectivity index (χ1v) is 6.99. The minimum Gasteiger partial charge on any atom is -0.480 e. The van der Waals surface area contributed by atoms with Crippen molar-refractivity contribution < 1.29 is 24.2 Å². The number of carboxylic acids is 1. The maximum Gasteiger partial charge on any atom is 0.323 e. The van der Waals surface area contributed by atoms with Gasteiger partial charge in [-0.1, -0.05) is 0 Å². The lowest BCUT2D eigenvalue weighted by Crippen LogP contribution is -2.53. The van der Waals surface area contributed by atoms with Crippen molar-refractivity contribution in [3.05, 3.63) is 0 Å². The van der Waals surface area contributed by atoms with Gasteiger partial charge >= 0.3 is 11.9 Å². The molecule has 1 N–H and O–H groups in total. The van der Waals surface area contributed by atoms with Crippen molar-refractivity contribution in [3.63, 3.8) is 0 Å². The second kappa shape index (κ2) is 5.12. The van der Waals surface area contributed by atoms with Crippen LogP contribution < -0.4 is 0 Å². The molecule has 1 saturated heterocycles. The molecule has 2 aliphatic rings. The third-order valence-electron chi connectivity index (χ3n) is 4.72. The maximum atomic E-state index is 12.1. The zero-order chi connectivity index (χ0) is 14.1. The summed E-state index contributed by atoms with van der Waals surface area (Å²) in [7, 11) is 0. The van der Waals surface area contributed by atoms with E-state index in [9.17, 15) is 14.7 Å². The highest BCUT2D eigenvalue weighted by Crippen LogP contribution is 2.49. The summed E-state index contributed by atoms with van der Waals surface area (Å²) in [5, 5.41) is 9.50. The van der Waals surface area contributed by atoms with Gasteiger partial charge in [-0.15, -0.1) is 0 Å². The van der Waals surface area contributed by atoms with E-state index in [4.69, 9.17) is 9.47 Å². The molecule has 2 unspecified atom stereocenters. The smallest absolute Gasteiger partial charge is 0.323 e. The van der Waals surface area contributed by atoms with Crippen LogP contribution in [0.1, 0.15) is 46.0 Å². The summed E-state index contributed by atoms with van der Waals surface area (Å²) in [4.78, 5) is 23.7. The number of ether oxygens (including phenoxy) is 2. The van der Waals surface area contributed by atoms with E-state index >= 15 is 0 Å². The average molecular weight is 270 g/mol. The average Bonchev–Trinajstić information content (AvgIpc) is 2.36. The fourth-order valence-electron chi connectivity index (χ4n) is 3.15. The van der Waals surface area contributed by atoms with Crippen LogP contribution in [0, 0.1) is 11.3 Å². The van der Waals surface area contributed by atoms with Gasteiger partial charge in [0.1, 0.15) is 0 Å². The Kier molecular flexibility index (Phi) is 3.85. The quantitative estimate of drug-likeness (QED) is 0.624. The van der Waals surface area contributed by atoms with Crippen molar-refractivity contribution in [1.82, 2.24) is 0 Å². The van der Waals surface area contributed by atoms with E-state index in [1.165, 1.54) is 6.92 Å². The molecule has 0 aromatic rings. The van der Waals surface area contributed by atoms with E-state index < -0.39 is 17.4 Å². The first-order valence-electron chi connectivity index (χ1n) is 6.99. The topological polar surface area (TPSA) is 72.8 Å². The number of carbonyl (C=O) groups excluding carboxylic acids is 1. The first kappa shape index (κ1) is 14.3. The summed E-state index contributed by atoms with van der Waals surface area (Å²) in [5.41, 5.74) is -1.63. The number of hydrogen-bond acceptors (Lipinski definition) is 4. The zero-order valence-electron chi connectivity index (χ0n) is 11.6. The van der Waals surface area contributed by atoms with Gasteiger partial charge in [-0.3, -0.25) is 9.59 Å². The Morgan fingerprint density at radius 2 is 2.16 bits per heavy atom. The van der Waals surface area contributed by atoms with Gasteiger partial charge in [-0.2, -0.15) is 0 Å². The maximum absolute atomic E-state index is 12.1. The van der Waals surface area contributed by atoms with Gasteiger partial charge in [-0.05, 0) is 51.9 Å². The van der Waals surface area contributed by atoms with Crippen molar-refractivity contribution in [1.29, 1.82) is 0 Å². The lowest BCUT2D eigenvalue weighted by molar-refractivity contribution is -0.188. The summed E-state index contributed by atoms with van der Waals surface area (Å²) in [6.45, 7) is 3.93. The Morgan fingerprint density at radius 1 is 1.47 bits per heavy atom. The Balaban J connectivity index is 2.18. The largest absolute Gasteiger partial charge is 0.480 e. The highest BCUT2D eigenvalue weighted by atomic mass is 16.5. The molecule has 1 heterocycles. The molecule has 0 radical (unpaired) electrons. The molecule has 19 heavy (non-hydrogen) atoms. The molecule has 2 rings (SSSR count). The Bertz CT molecular complexity index is 374. The molecule has 1 saturated carbocycles. The highest BCUT2D eigenvalue weighted by molar-refractivity contribution is 5.99. The molecule has 0 amide bonds. The van der Waals surface area contributed by atoms with Crippen LogP contribution in [0.25, 0.3) is 0 Å². The monoisotopic (exact) mass is 270 g/mol. The van der Waals surface area contributed by atoms with Gasteiger partial charge in [0.15, 0.2) is 5.41 Å². The van der Waals surface area contributed by atoms with Crippen LogP contribution in [0.3, 0.4) is 0 Å². The van der Waals surface area contributed by atoms with Crippen molar-refractivity contribution >= 4 is 11.9 Å². The van der Waals surface area contributed by atoms with Gasteiger partial charge < -0.3 is 14.6 Å². The predicted octanol–water partition coefficient (Wildman–Crippen LogP) is 1.99. The van der Waals surface area contributed by atoms with Crippen LogP contribution in [-0.4, -0.2) is 35.9 Å². The van der Waals surface area contributed by atoms with Gasteiger partial charge in [-0.25, -0.2) is 0 Å². The first-order chi connectivity index (χ1) is 8.94. The molecule has 1 aliphatic carbocycles. The molecule has 2 fully saturated rings. The Morgan fingerprint density at radius 3 is 2.63 bits per heavy atom. The summed E-state index contributed by atoms with van der Waals surface area (Å²) in [6.07, 6.45) is 4.32. The predicted molar refractivity (Wildman–Crippen MR) is 67.6 cm³/mol. The van der Waals surface area contributed by atoms with Crippen LogP contribution in [0.2, 0.25) is 0 Å². The lowest BCUT2D eigenvalue weighted by atomic mass is 9.64. The van der Waals surface area contributed by atoms with E-state index in [0.29, 0.717) is 19.4 Å². The molecule has 5 nitrogen and oxygen atoms in total. The number of carbonyl (C=O) groups is 2. The Labute approximate surface area is 113 Å². The molecule has 108 valence electrons. The molecule has 0 aromatic heterocycles. The van der Waals surface area contributed by atoms with Crippen LogP contribution >= 0.6 is 0 Å². The lowest BCUT2D eigenvalue weighted by Gasteiger charge is -2.49. The molecular formula is C14H22O5. The van der Waals surface area contributed by atoms with Crippen molar-refractivity contribution in [3.8, 4) is 0 Å². The summed E-state index contributed by atoms with van der Waals surface area (Å²) in [6, 6.07) is 0. The van der Waals surface area contributed by atoms with Crippen LogP contribution in [0.4, 0.5) is 0 Å². The highest BCUT2D eigenvalue weighted by Gasteiger charge is 2.55. The van der Waals surface area contributed by atoms with E-state index in [1.807, 2.05) is 0 Å². The Hall–Kier alpha value is -1.10. The molecule has 0 aromatic carbocycles. The zero-order valence-corrected chi connectivity index (χ0v) is 11.6. The van der Waals surface area contributed by atoms with E-state index in [-0.39, 0.29) is 18.1 Å². The second-order valence-electron chi connectivity index (χ2n) is 5.80. The summed E-state index contributed by atoms with van der Waals surface area (Å²) >= 11 is 0. The van der Waals surface area contributed by atoms with Crippen LogP contribution in [-0.2, 0) is 19.1 Å². The van der Waals surface area contributed by atoms with Crippen molar-refractivity contribution in [2.24, 2.45) is 11.3 Å². The van der Waals surface area contributed by atoms with Crippen LogP contribution in [0.5, 0.6) is 0 Å². The molecule has 0 bridgehead atoms. The normalized spacial score (nSPS) is 28.2. The summed E-state index contributed by atoms with van der Waals surface area (Å²) in [5.74, 6) is -1.92. The minimum absolute atomic E-state index is 0.174. The van der Waals surface area contributed by atoms with Gasteiger partial charge in [0.05, 0.1) is 12.2 Å². The van der Waals surface area contributed by atoms with E-state index in [2.05, 4.69) is 0 Å². The fourth-order valence-corrected chi connectivity index (χ4v) is 3.15. The fraction of sp³-hybridized carbons (Fsp3) is 0.857. The number of hydrogen-bond donors (Lipinski definition) is 1. The standard InChI is InChI=1S/C14H22O5/c1-3-18-12(17)13(2,11(15)16)10-5-8-19-14(9-10)6-4-7-14/h10H,3-9H2,1-2H3,(H,15,16). The molecular weight excluding hydrogens is 248 g/mol. The van der Waals surface area contributed by atoms with Gasteiger partial charge in [0.25, 0.3) is 0 Å². The van der Waals surface area contributed by atoms with Gasteiger partial charge in [0, 0.05) is 6.61 Å². The van der Waals surface area contributed by atoms with E-state index in [1.54, 1.807) is 6.92 Å².